The van der Waals surface area contributed by atoms with Crippen LogP contribution in [0.1, 0.15) is 28.8 Å². The summed E-state index contributed by atoms with van der Waals surface area (Å²) in [7, 11) is 0. The summed E-state index contributed by atoms with van der Waals surface area (Å²) in [4.78, 5) is 47.3. The van der Waals surface area contributed by atoms with Gasteiger partial charge in [0.25, 0.3) is 5.91 Å². The third-order valence-electron chi connectivity index (χ3n) is 5.98. The number of nitrogens with one attached hydrogen (secondary N) is 1. The fourth-order valence-corrected chi connectivity index (χ4v) is 4.27. The molecule has 2 aliphatic rings. The second kappa shape index (κ2) is 7.30. The number of benzene rings is 2. The number of fused-ring (bicyclic) bond motifs is 2. The standard InChI is InChI=1S/C23H17N7O3/c31-21-8-7-20(22(32)26-21)29-11-13-5-6-14(9-15(13)23(29)33)30-12-19(27-28-30)18-10-24-16-3-1-2-4-17(16)25-18/h1-6,9-10,12,20H,7-8,11H2,(H,26,31,32). The van der Waals surface area contributed by atoms with E-state index in [1.807, 2.05) is 36.4 Å². The van der Waals surface area contributed by atoms with Crippen molar-refractivity contribution < 1.29 is 14.4 Å². The first kappa shape index (κ1) is 19.2. The molecule has 2 aromatic heterocycles. The molecule has 0 spiro atoms. The van der Waals surface area contributed by atoms with E-state index in [1.165, 1.54) is 4.90 Å². The van der Waals surface area contributed by atoms with Gasteiger partial charge in [-0.3, -0.25) is 24.7 Å². The molecule has 1 N–H and O–H groups in total. The number of amides is 3. The van der Waals surface area contributed by atoms with E-state index in [0.29, 0.717) is 35.6 Å². The SMILES string of the molecule is O=C1CCC(N2Cc3ccc(-n4cc(-c5cnc6ccccc6n5)nn4)cc3C2=O)C(=O)N1. The first-order valence-electron chi connectivity index (χ1n) is 10.5. The van der Waals surface area contributed by atoms with Gasteiger partial charge in [-0.2, -0.15) is 0 Å². The summed E-state index contributed by atoms with van der Waals surface area (Å²) in [6.07, 6.45) is 3.94. The summed E-state index contributed by atoms with van der Waals surface area (Å²) in [5.74, 6) is -0.965. The van der Waals surface area contributed by atoms with Crippen LogP contribution >= 0.6 is 0 Å². The summed E-state index contributed by atoms with van der Waals surface area (Å²) in [5, 5.41) is 10.7. The number of rotatable bonds is 3. The lowest BCUT2D eigenvalue weighted by molar-refractivity contribution is -0.136. The fraction of sp³-hybridized carbons (Fsp3) is 0.174. The quantitative estimate of drug-likeness (QED) is 0.481. The van der Waals surface area contributed by atoms with E-state index in [-0.39, 0.29) is 18.2 Å². The van der Waals surface area contributed by atoms with Crippen molar-refractivity contribution in [1.29, 1.82) is 0 Å². The Hall–Kier alpha value is -4.47. The average Bonchev–Trinajstić information content (AvgIpc) is 3.44. The lowest BCUT2D eigenvalue weighted by Crippen LogP contribution is -2.52. The Labute approximate surface area is 187 Å². The summed E-state index contributed by atoms with van der Waals surface area (Å²) in [5.41, 5.74) is 4.73. The van der Waals surface area contributed by atoms with Crippen molar-refractivity contribution in [3.63, 3.8) is 0 Å². The van der Waals surface area contributed by atoms with Gasteiger partial charge >= 0.3 is 0 Å². The molecule has 10 heteroatoms. The zero-order valence-electron chi connectivity index (χ0n) is 17.3. The molecule has 6 rings (SSSR count). The number of nitrogens with zero attached hydrogens (tertiary/aromatic N) is 6. The fourth-order valence-electron chi connectivity index (χ4n) is 4.27. The van der Waals surface area contributed by atoms with Crippen LogP contribution in [0, 0.1) is 0 Å². The van der Waals surface area contributed by atoms with E-state index in [1.54, 1.807) is 23.1 Å². The first-order valence-corrected chi connectivity index (χ1v) is 10.5. The number of hydrogen-bond acceptors (Lipinski definition) is 7. The van der Waals surface area contributed by atoms with Crippen LogP contribution in [0.3, 0.4) is 0 Å². The van der Waals surface area contributed by atoms with Gasteiger partial charge in [0.1, 0.15) is 17.4 Å². The maximum absolute atomic E-state index is 13.1. The van der Waals surface area contributed by atoms with Crippen LogP contribution in [-0.4, -0.2) is 53.6 Å². The van der Waals surface area contributed by atoms with Crippen LogP contribution < -0.4 is 5.32 Å². The van der Waals surface area contributed by atoms with Gasteiger partial charge in [-0.25, -0.2) is 9.67 Å². The average molecular weight is 439 g/mol. The van der Waals surface area contributed by atoms with E-state index in [2.05, 4.69) is 25.6 Å². The highest BCUT2D eigenvalue weighted by molar-refractivity contribution is 6.05. The highest BCUT2D eigenvalue weighted by atomic mass is 16.2. The number of imide groups is 1. The lowest BCUT2D eigenvalue weighted by Gasteiger charge is -2.29. The smallest absolute Gasteiger partial charge is 0.255 e. The van der Waals surface area contributed by atoms with Gasteiger partial charge in [-0.05, 0) is 36.2 Å². The maximum atomic E-state index is 13.1. The number of piperidine rings is 1. The van der Waals surface area contributed by atoms with E-state index >= 15 is 0 Å². The Morgan fingerprint density at radius 1 is 1.00 bits per heavy atom. The topological polar surface area (TPSA) is 123 Å². The molecular formula is C23H17N7O3. The van der Waals surface area contributed by atoms with Crippen LogP contribution in [0.4, 0.5) is 0 Å². The second-order valence-electron chi connectivity index (χ2n) is 8.03. The van der Waals surface area contributed by atoms with Gasteiger partial charge in [0, 0.05) is 18.5 Å². The summed E-state index contributed by atoms with van der Waals surface area (Å²) in [6.45, 7) is 0.329. The predicted octanol–water partition coefficient (Wildman–Crippen LogP) is 1.64. The van der Waals surface area contributed by atoms with Crippen molar-refractivity contribution in [3.8, 4) is 17.1 Å². The summed E-state index contributed by atoms with van der Waals surface area (Å²) < 4.78 is 1.58. The van der Waals surface area contributed by atoms with Crippen LogP contribution in [-0.2, 0) is 16.1 Å². The normalized spacial score (nSPS) is 18.0. The minimum Gasteiger partial charge on any atom is -0.322 e. The Morgan fingerprint density at radius 2 is 1.85 bits per heavy atom. The number of carbonyl (C=O) groups excluding carboxylic acids is 3. The molecule has 10 nitrogen and oxygen atoms in total. The summed E-state index contributed by atoms with van der Waals surface area (Å²) in [6, 6.07) is 12.4. The molecule has 4 aromatic rings. The molecule has 0 aliphatic carbocycles. The van der Waals surface area contributed by atoms with Gasteiger partial charge in [-0.15, -0.1) is 5.10 Å². The number of para-hydroxylation sites is 2. The molecule has 0 saturated carbocycles. The highest BCUT2D eigenvalue weighted by Crippen LogP contribution is 2.29. The third kappa shape index (κ3) is 3.23. The zero-order chi connectivity index (χ0) is 22.5. The minimum absolute atomic E-state index is 0.223. The summed E-state index contributed by atoms with van der Waals surface area (Å²) >= 11 is 0. The highest BCUT2D eigenvalue weighted by Gasteiger charge is 2.39. The second-order valence-corrected chi connectivity index (χ2v) is 8.03. The molecule has 1 fully saturated rings. The Kier molecular flexibility index (Phi) is 4.25. The first-order chi connectivity index (χ1) is 16.1. The monoisotopic (exact) mass is 439 g/mol. The molecule has 33 heavy (non-hydrogen) atoms. The molecule has 3 amide bonds. The van der Waals surface area contributed by atoms with Crippen molar-refractivity contribution in [2.45, 2.75) is 25.4 Å². The van der Waals surface area contributed by atoms with Crippen molar-refractivity contribution in [2.75, 3.05) is 0 Å². The van der Waals surface area contributed by atoms with Crippen LogP contribution in [0.5, 0.6) is 0 Å². The van der Waals surface area contributed by atoms with Crippen molar-refractivity contribution in [1.82, 2.24) is 35.2 Å². The largest absolute Gasteiger partial charge is 0.322 e. The van der Waals surface area contributed by atoms with Gasteiger partial charge in [0.05, 0.1) is 29.1 Å². The number of aromatic nitrogens is 5. The molecule has 0 bridgehead atoms. The van der Waals surface area contributed by atoms with Crippen molar-refractivity contribution in [3.05, 3.63) is 66.0 Å². The maximum Gasteiger partial charge on any atom is 0.255 e. The van der Waals surface area contributed by atoms with E-state index < -0.39 is 11.9 Å². The molecule has 2 aliphatic heterocycles. The third-order valence-corrected chi connectivity index (χ3v) is 5.98. The van der Waals surface area contributed by atoms with Crippen LogP contribution in [0.25, 0.3) is 28.1 Å². The van der Waals surface area contributed by atoms with Gasteiger partial charge in [-0.1, -0.05) is 23.4 Å². The van der Waals surface area contributed by atoms with E-state index in [4.69, 9.17) is 0 Å². The molecule has 162 valence electrons. The molecule has 2 aromatic carbocycles. The van der Waals surface area contributed by atoms with Crippen molar-refractivity contribution in [2.24, 2.45) is 0 Å². The number of carbonyl (C=O) groups is 3. The molecule has 1 saturated heterocycles. The van der Waals surface area contributed by atoms with Crippen LogP contribution in [0.2, 0.25) is 0 Å². The van der Waals surface area contributed by atoms with Gasteiger partial charge in [0.15, 0.2) is 0 Å². The van der Waals surface area contributed by atoms with Gasteiger partial charge in [0.2, 0.25) is 11.8 Å². The van der Waals surface area contributed by atoms with E-state index in [0.717, 1.165) is 16.6 Å². The van der Waals surface area contributed by atoms with E-state index in [9.17, 15) is 14.4 Å². The van der Waals surface area contributed by atoms with Crippen molar-refractivity contribution >= 4 is 28.8 Å². The number of hydrogen-bond donors (Lipinski definition) is 1. The lowest BCUT2D eigenvalue weighted by atomic mass is 10.0. The Morgan fingerprint density at radius 3 is 2.70 bits per heavy atom. The molecule has 1 atom stereocenters. The van der Waals surface area contributed by atoms with Gasteiger partial charge < -0.3 is 4.90 Å². The molecule has 0 radical (unpaired) electrons. The predicted molar refractivity (Wildman–Crippen MR) is 116 cm³/mol. The van der Waals surface area contributed by atoms with Crippen LogP contribution in [0.15, 0.2) is 54.9 Å². The Balaban J connectivity index is 1.28. The molecule has 1 unspecified atom stereocenters. The molecular weight excluding hydrogens is 422 g/mol. The zero-order valence-corrected chi connectivity index (χ0v) is 17.3. The molecule has 4 heterocycles. The Bertz CT molecular complexity index is 1460. The minimum atomic E-state index is -0.643.